The van der Waals surface area contributed by atoms with Gasteiger partial charge < -0.3 is 4.42 Å². The van der Waals surface area contributed by atoms with Crippen LogP contribution in [0.25, 0.3) is 22.4 Å². The molecule has 0 saturated heterocycles. The summed E-state index contributed by atoms with van der Waals surface area (Å²) >= 11 is 1.52. The molecule has 0 spiro atoms. The predicted octanol–water partition coefficient (Wildman–Crippen LogP) is 5.02. The molecule has 4 rings (SSSR count). The van der Waals surface area contributed by atoms with E-state index < -0.39 is 0 Å². The first kappa shape index (κ1) is 16.5. The Kier molecular flexibility index (Phi) is 4.31. The van der Waals surface area contributed by atoms with Crippen molar-refractivity contribution in [1.82, 2.24) is 9.97 Å². The highest BCUT2D eigenvalue weighted by Gasteiger charge is 2.15. The van der Waals surface area contributed by atoms with Crippen molar-refractivity contribution in [3.63, 3.8) is 0 Å². The van der Waals surface area contributed by atoms with Crippen molar-refractivity contribution in [1.29, 1.82) is 0 Å². The van der Waals surface area contributed by atoms with Crippen LogP contribution >= 0.6 is 11.8 Å². The Morgan fingerprint density at radius 2 is 1.77 bits per heavy atom. The molecule has 26 heavy (non-hydrogen) atoms. The first-order chi connectivity index (χ1) is 12.6. The van der Waals surface area contributed by atoms with E-state index in [9.17, 15) is 4.79 Å². The third-order valence-electron chi connectivity index (χ3n) is 4.10. The van der Waals surface area contributed by atoms with Gasteiger partial charge in [-0.15, -0.1) is 0 Å². The van der Waals surface area contributed by atoms with Crippen LogP contribution < -0.4 is 5.63 Å². The third kappa shape index (κ3) is 3.13. The topological polar surface area (TPSA) is 56.0 Å². The van der Waals surface area contributed by atoms with Crippen molar-refractivity contribution in [2.45, 2.75) is 23.8 Å². The molecule has 0 radical (unpaired) electrons. The number of benzene rings is 2. The molecule has 0 aliphatic carbocycles. The van der Waals surface area contributed by atoms with Crippen LogP contribution in [0.2, 0.25) is 0 Å². The first-order valence-electron chi connectivity index (χ1n) is 8.22. The summed E-state index contributed by atoms with van der Waals surface area (Å²) in [5.74, 6) is 0.288. The van der Waals surface area contributed by atoms with Gasteiger partial charge in [0.1, 0.15) is 5.03 Å². The fraction of sp³-hybridized carbons (Fsp3) is 0.0952. The highest BCUT2D eigenvalue weighted by atomic mass is 32.2. The van der Waals surface area contributed by atoms with Crippen molar-refractivity contribution in [3.05, 3.63) is 82.3 Å². The van der Waals surface area contributed by atoms with E-state index in [1.807, 2.05) is 49.4 Å². The van der Waals surface area contributed by atoms with Gasteiger partial charge in [-0.05, 0) is 49.7 Å². The van der Waals surface area contributed by atoms with Gasteiger partial charge in [-0.25, -0.2) is 14.8 Å². The van der Waals surface area contributed by atoms with Crippen LogP contribution in [0.5, 0.6) is 0 Å². The molecule has 0 aliphatic heterocycles. The van der Waals surface area contributed by atoms with E-state index in [-0.39, 0.29) is 11.5 Å². The van der Waals surface area contributed by atoms with Crippen molar-refractivity contribution in [2.24, 2.45) is 0 Å². The molecule has 0 fully saturated rings. The molecule has 0 amide bonds. The molecule has 0 unspecified atom stereocenters. The molecule has 0 bridgehead atoms. The number of pyridine rings is 1. The Hall–Kier alpha value is -2.92. The zero-order valence-electron chi connectivity index (χ0n) is 14.4. The molecule has 0 aliphatic rings. The zero-order chi connectivity index (χ0) is 18.1. The van der Waals surface area contributed by atoms with E-state index in [1.54, 1.807) is 6.20 Å². The second-order valence-corrected chi connectivity index (χ2v) is 7.11. The summed E-state index contributed by atoms with van der Waals surface area (Å²) < 4.78 is 5.53. The Morgan fingerprint density at radius 1 is 0.962 bits per heavy atom. The van der Waals surface area contributed by atoms with Crippen molar-refractivity contribution >= 4 is 22.7 Å². The van der Waals surface area contributed by atoms with Crippen molar-refractivity contribution in [2.75, 3.05) is 0 Å². The molecule has 0 atom stereocenters. The first-order valence-corrected chi connectivity index (χ1v) is 9.04. The molecule has 4 nitrogen and oxygen atoms in total. The number of rotatable bonds is 3. The molecule has 2 aromatic carbocycles. The number of fused-ring (bicyclic) bond motifs is 1. The molecule has 4 aromatic rings. The Bertz CT molecular complexity index is 1150. The van der Waals surface area contributed by atoms with E-state index in [0.29, 0.717) is 16.5 Å². The lowest BCUT2D eigenvalue weighted by atomic mass is 10.1. The Morgan fingerprint density at radius 3 is 2.58 bits per heavy atom. The summed E-state index contributed by atoms with van der Waals surface area (Å²) in [6.45, 7) is 3.93. The number of nitrogens with zero attached hydrogens (tertiary/aromatic N) is 2. The Balaban J connectivity index is 1.83. The molecular formula is C21H16N2O2S. The maximum Gasteiger partial charge on any atom is 0.347 e. The zero-order valence-corrected chi connectivity index (χ0v) is 15.2. The van der Waals surface area contributed by atoms with Gasteiger partial charge in [-0.1, -0.05) is 41.6 Å². The number of aromatic nitrogens is 2. The van der Waals surface area contributed by atoms with Gasteiger partial charge in [0.2, 0.25) is 5.89 Å². The average Bonchev–Trinajstić information content (AvgIpc) is 2.64. The monoisotopic (exact) mass is 360 g/mol. The van der Waals surface area contributed by atoms with E-state index in [4.69, 9.17) is 4.42 Å². The maximum atomic E-state index is 12.5. The fourth-order valence-corrected chi connectivity index (χ4v) is 3.62. The highest BCUT2D eigenvalue weighted by Crippen LogP contribution is 2.33. The second-order valence-electron chi connectivity index (χ2n) is 6.05. The summed E-state index contributed by atoms with van der Waals surface area (Å²) in [5, 5.41) is 1.27. The normalized spacial score (nSPS) is 11.0. The van der Waals surface area contributed by atoms with Crippen LogP contribution in [-0.2, 0) is 0 Å². The second kappa shape index (κ2) is 6.77. The summed E-state index contributed by atoms with van der Waals surface area (Å²) in [5.41, 5.74) is 3.02. The van der Waals surface area contributed by atoms with Crippen LogP contribution in [0.4, 0.5) is 0 Å². The number of aryl methyl sites for hydroxylation is 2. The smallest absolute Gasteiger partial charge is 0.347 e. The van der Waals surface area contributed by atoms with Crippen LogP contribution in [0.3, 0.4) is 0 Å². The van der Waals surface area contributed by atoms with Crippen LogP contribution in [-0.4, -0.2) is 9.97 Å². The highest BCUT2D eigenvalue weighted by molar-refractivity contribution is 7.99. The third-order valence-corrected chi connectivity index (χ3v) is 5.13. The van der Waals surface area contributed by atoms with Crippen LogP contribution in [0.1, 0.15) is 11.1 Å². The fourth-order valence-electron chi connectivity index (χ4n) is 2.75. The van der Waals surface area contributed by atoms with Crippen LogP contribution in [0, 0.1) is 13.8 Å². The van der Waals surface area contributed by atoms with E-state index in [0.717, 1.165) is 15.5 Å². The Labute approximate surface area is 154 Å². The number of hydrogen-bond donors (Lipinski definition) is 0. The van der Waals surface area contributed by atoms with Gasteiger partial charge in [0.25, 0.3) is 0 Å². The van der Waals surface area contributed by atoms with Crippen molar-refractivity contribution < 1.29 is 4.42 Å². The molecule has 0 N–H and O–H groups in total. The molecule has 2 heterocycles. The van der Waals surface area contributed by atoms with E-state index in [2.05, 4.69) is 29.0 Å². The minimum absolute atomic E-state index is 0.288. The van der Waals surface area contributed by atoms with E-state index in [1.165, 1.54) is 17.3 Å². The maximum absolute atomic E-state index is 12.5. The quantitative estimate of drug-likeness (QED) is 0.513. The largest absolute Gasteiger partial charge is 0.403 e. The van der Waals surface area contributed by atoms with Gasteiger partial charge >= 0.3 is 5.63 Å². The molecule has 0 saturated carbocycles. The average molecular weight is 360 g/mol. The summed E-state index contributed by atoms with van der Waals surface area (Å²) in [4.78, 5) is 22.6. The lowest BCUT2D eigenvalue weighted by Gasteiger charge is -2.08. The summed E-state index contributed by atoms with van der Waals surface area (Å²) in [6.07, 6.45) is 1.73. The standard InChI is InChI=1S/C21H16N2O2S/c1-13-8-10-15(11-9-13)26-20-16(6-4-12-22-20)19-23-17-7-3-5-14(2)18(17)21(24)25-19/h3-12H,1-2H3. The molecule has 2 aromatic heterocycles. The van der Waals surface area contributed by atoms with Gasteiger partial charge in [0, 0.05) is 11.1 Å². The van der Waals surface area contributed by atoms with Crippen molar-refractivity contribution in [3.8, 4) is 11.5 Å². The lowest BCUT2D eigenvalue weighted by Crippen LogP contribution is -2.05. The summed E-state index contributed by atoms with van der Waals surface area (Å²) in [7, 11) is 0. The van der Waals surface area contributed by atoms with Gasteiger partial charge in [-0.2, -0.15) is 0 Å². The molecule has 5 heteroatoms. The predicted molar refractivity (Wildman–Crippen MR) is 104 cm³/mol. The minimum atomic E-state index is -0.377. The minimum Gasteiger partial charge on any atom is -0.403 e. The molecule has 128 valence electrons. The summed E-state index contributed by atoms with van der Waals surface area (Å²) in [6, 6.07) is 17.5. The van der Waals surface area contributed by atoms with Crippen LogP contribution in [0.15, 0.2) is 79.9 Å². The van der Waals surface area contributed by atoms with Gasteiger partial charge in [0.05, 0.1) is 16.5 Å². The SMILES string of the molecule is Cc1ccc(Sc2ncccc2-c2nc3cccc(C)c3c(=O)o2)cc1. The van der Waals surface area contributed by atoms with Gasteiger partial charge in [0.15, 0.2) is 0 Å². The van der Waals surface area contributed by atoms with E-state index >= 15 is 0 Å². The number of hydrogen-bond acceptors (Lipinski definition) is 5. The lowest BCUT2D eigenvalue weighted by molar-refractivity contribution is 0.516. The molecular weight excluding hydrogens is 344 g/mol. The van der Waals surface area contributed by atoms with Gasteiger partial charge in [-0.3, -0.25) is 0 Å².